The molecule has 0 spiro atoms. The predicted octanol–water partition coefficient (Wildman–Crippen LogP) is 1.82. The van der Waals surface area contributed by atoms with Crippen LogP contribution in [-0.2, 0) is 14.3 Å². The first kappa shape index (κ1) is 23.0. The van der Waals surface area contributed by atoms with E-state index < -0.39 is 6.10 Å². The number of terminal acetylenes is 1. The highest BCUT2D eigenvalue weighted by Crippen LogP contribution is 2.33. The van der Waals surface area contributed by atoms with Gasteiger partial charge in [-0.1, -0.05) is 5.92 Å². The second-order valence-electron chi connectivity index (χ2n) is 8.40. The Morgan fingerprint density at radius 1 is 1.29 bits per heavy atom. The van der Waals surface area contributed by atoms with Crippen LogP contribution in [0, 0.1) is 12.3 Å². The van der Waals surface area contributed by atoms with Gasteiger partial charge in [0, 0.05) is 43.4 Å². The Bertz CT molecular complexity index is 1280. The number of hydrogen-bond acceptors (Lipinski definition) is 8. The third kappa shape index (κ3) is 4.48. The zero-order chi connectivity index (χ0) is 24.4. The Balaban J connectivity index is 1.54. The maximum Gasteiger partial charge on any atom is 0.260 e. The van der Waals surface area contributed by atoms with Crippen LogP contribution in [0.4, 0.5) is 5.69 Å². The number of anilines is 1. The van der Waals surface area contributed by atoms with Crippen molar-refractivity contribution in [3.63, 3.8) is 0 Å². The summed E-state index contributed by atoms with van der Waals surface area (Å²) in [6, 6.07) is 5.64. The molecular weight excluding hydrogens is 450 g/mol. The number of carbonyl (C=O) groups is 1. The lowest BCUT2D eigenvalue weighted by atomic mass is 10.0. The molecule has 1 saturated heterocycles. The van der Waals surface area contributed by atoms with Gasteiger partial charge in [-0.2, -0.15) is 10.1 Å². The van der Waals surface area contributed by atoms with Crippen molar-refractivity contribution in [3.05, 3.63) is 36.2 Å². The smallest absolute Gasteiger partial charge is 0.260 e. The highest BCUT2D eigenvalue weighted by Gasteiger charge is 2.40. The minimum atomic E-state index is -0.537. The number of benzene rings is 1. The second-order valence-corrected chi connectivity index (χ2v) is 8.40. The number of methoxy groups -OCH3 is 2. The maximum atomic E-state index is 13.1. The molecule has 182 valence electrons. The number of aromatic nitrogens is 3. The fourth-order valence-electron chi connectivity index (χ4n) is 4.49. The molecule has 0 unspecified atom stereocenters. The highest BCUT2D eigenvalue weighted by molar-refractivity contribution is 5.84. The van der Waals surface area contributed by atoms with E-state index in [1.165, 1.54) is 0 Å². The topological polar surface area (TPSA) is 99.5 Å². The predicted molar refractivity (Wildman–Crippen MR) is 129 cm³/mol. The lowest BCUT2D eigenvalue weighted by molar-refractivity contribution is -0.138. The first-order valence-corrected chi connectivity index (χ1v) is 11.4. The van der Waals surface area contributed by atoms with Gasteiger partial charge in [0.2, 0.25) is 0 Å². The molecule has 2 aliphatic rings. The monoisotopic (exact) mass is 477 g/mol. The molecule has 35 heavy (non-hydrogen) atoms. The summed E-state index contributed by atoms with van der Waals surface area (Å²) < 4.78 is 24.1. The normalized spacial score (nSPS) is 19.6. The molecule has 2 atom stereocenters. The summed E-state index contributed by atoms with van der Waals surface area (Å²) in [6.45, 7) is 2.05. The Morgan fingerprint density at radius 3 is 2.97 bits per heavy atom. The summed E-state index contributed by atoms with van der Waals surface area (Å²) in [4.78, 5) is 19.7. The Kier molecular flexibility index (Phi) is 6.44. The van der Waals surface area contributed by atoms with Gasteiger partial charge in [-0.15, -0.1) is 6.42 Å². The van der Waals surface area contributed by atoms with Crippen LogP contribution in [0.2, 0.25) is 0 Å². The quantitative estimate of drug-likeness (QED) is 0.439. The minimum Gasteiger partial charge on any atom is -0.490 e. The van der Waals surface area contributed by atoms with Gasteiger partial charge < -0.3 is 29.2 Å². The van der Waals surface area contributed by atoms with Crippen molar-refractivity contribution >= 4 is 17.2 Å². The first-order chi connectivity index (χ1) is 17.1. The maximum absolute atomic E-state index is 13.1. The lowest BCUT2D eigenvalue weighted by Crippen LogP contribution is -2.41. The van der Waals surface area contributed by atoms with Crippen molar-refractivity contribution in [2.45, 2.75) is 18.6 Å². The van der Waals surface area contributed by atoms with E-state index in [4.69, 9.17) is 30.4 Å². The Morgan fingerprint density at radius 2 is 2.17 bits per heavy atom. The minimum absolute atomic E-state index is 0.0601. The highest BCUT2D eigenvalue weighted by atomic mass is 16.5. The number of amides is 1. The van der Waals surface area contributed by atoms with E-state index >= 15 is 0 Å². The van der Waals surface area contributed by atoms with Crippen molar-refractivity contribution in [1.82, 2.24) is 19.5 Å². The molecule has 0 aliphatic carbocycles. The van der Waals surface area contributed by atoms with Crippen molar-refractivity contribution in [1.29, 1.82) is 0 Å². The summed E-state index contributed by atoms with van der Waals surface area (Å²) >= 11 is 0. The Hall–Kier alpha value is -3.81. The van der Waals surface area contributed by atoms with Crippen molar-refractivity contribution in [3.8, 4) is 35.1 Å². The number of ether oxygens (including phenoxy) is 4. The van der Waals surface area contributed by atoms with Crippen molar-refractivity contribution < 1.29 is 23.7 Å². The molecule has 1 aromatic carbocycles. The second kappa shape index (κ2) is 9.82. The van der Waals surface area contributed by atoms with Gasteiger partial charge in [0.05, 0.1) is 38.8 Å². The van der Waals surface area contributed by atoms with Crippen LogP contribution in [0.5, 0.6) is 11.6 Å². The third-order valence-corrected chi connectivity index (χ3v) is 6.24. The molecule has 2 aromatic heterocycles. The van der Waals surface area contributed by atoms with Crippen LogP contribution in [0.1, 0.15) is 12.0 Å². The van der Waals surface area contributed by atoms with Crippen LogP contribution in [0.15, 0.2) is 30.6 Å². The van der Waals surface area contributed by atoms with E-state index in [0.717, 1.165) is 22.4 Å². The SMILES string of the molecule is C#Cc1cc2cc(c1)-c1cnn3cc(OC)c(nc13)OC[C@@H]1C[C@@H](OCCOC)C(=O)N1CCN2. The van der Waals surface area contributed by atoms with E-state index in [1.54, 1.807) is 36.0 Å². The molecule has 1 N–H and O–H groups in total. The van der Waals surface area contributed by atoms with Crippen LogP contribution in [-0.4, -0.2) is 84.7 Å². The molecule has 1 fully saturated rings. The van der Waals surface area contributed by atoms with E-state index in [1.807, 2.05) is 18.2 Å². The molecule has 3 aromatic rings. The lowest BCUT2D eigenvalue weighted by Gasteiger charge is -2.25. The number of fused-ring (bicyclic) bond motifs is 5. The average Bonchev–Trinajstić information content (AvgIpc) is 3.42. The molecule has 10 heteroatoms. The van der Waals surface area contributed by atoms with E-state index in [2.05, 4.69) is 16.3 Å². The van der Waals surface area contributed by atoms with E-state index in [0.29, 0.717) is 50.0 Å². The van der Waals surface area contributed by atoms with E-state index in [9.17, 15) is 4.79 Å². The first-order valence-electron chi connectivity index (χ1n) is 11.4. The molecule has 0 radical (unpaired) electrons. The van der Waals surface area contributed by atoms with Crippen LogP contribution >= 0.6 is 0 Å². The summed E-state index contributed by atoms with van der Waals surface area (Å²) in [5, 5.41) is 7.85. The molecule has 4 bridgehead atoms. The Labute approximate surface area is 203 Å². The molecule has 5 rings (SSSR count). The molecule has 1 amide bonds. The van der Waals surface area contributed by atoms with Crippen LogP contribution < -0.4 is 14.8 Å². The summed E-state index contributed by atoms with van der Waals surface area (Å²) in [5.74, 6) is 3.43. The standard InChI is InChI=1S/C25H27N5O5/c1-4-16-9-17-11-18(10-16)26-5-6-29-19(12-21(25(29)31)34-8-7-32-2)15-35-24-22(33-3)14-30-23(28-24)20(17)13-27-30/h1,9-11,13-14,19,21,26H,5-8,12,15H2,2-3H3/t19-,21+/m0/s1. The van der Waals surface area contributed by atoms with Crippen LogP contribution in [0.25, 0.3) is 16.8 Å². The molecular formula is C25H27N5O5. The van der Waals surface area contributed by atoms with Crippen molar-refractivity contribution in [2.75, 3.05) is 52.4 Å². The molecule has 2 aliphatic heterocycles. The number of nitrogens with zero attached hydrogens (tertiary/aromatic N) is 4. The third-order valence-electron chi connectivity index (χ3n) is 6.24. The number of hydrogen-bond donors (Lipinski definition) is 1. The summed E-state index contributed by atoms with van der Waals surface area (Å²) in [5.41, 5.74) is 3.88. The number of carbonyl (C=O) groups excluding carboxylic acids is 1. The molecule has 0 saturated carbocycles. The molecule has 10 nitrogen and oxygen atoms in total. The van der Waals surface area contributed by atoms with Gasteiger partial charge in [0.15, 0.2) is 11.4 Å². The number of rotatable bonds is 5. The van der Waals surface area contributed by atoms with Gasteiger partial charge in [0.1, 0.15) is 12.7 Å². The zero-order valence-electron chi connectivity index (χ0n) is 19.7. The van der Waals surface area contributed by atoms with Gasteiger partial charge in [-0.25, -0.2) is 4.52 Å². The number of nitrogens with one attached hydrogen (secondary N) is 1. The van der Waals surface area contributed by atoms with Gasteiger partial charge in [-0.05, 0) is 23.8 Å². The van der Waals surface area contributed by atoms with Crippen molar-refractivity contribution in [2.24, 2.45) is 0 Å². The fraction of sp³-hybridized carbons (Fsp3) is 0.400. The average molecular weight is 478 g/mol. The largest absolute Gasteiger partial charge is 0.490 e. The van der Waals surface area contributed by atoms with E-state index in [-0.39, 0.29) is 18.6 Å². The van der Waals surface area contributed by atoms with Gasteiger partial charge in [-0.3, -0.25) is 4.79 Å². The summed E-state index contributed by atoms with van der Waals surface area (Å²) in [7, 11) is 3.16. The van der Waals surface area contributed by atoms with Gasteiger partial charge >= 0.3 is 0 Å². The summed E-state index contributed by atoms with van der Waals surface area (Å²) in [6.07, 6.45) is 9.18. The van der Waals surface area contributed by atoms with Gasteiger partial charge in [0.25, 0.3) is 11.8 Å². The zero-order valence-corrected chi connectivity index (χ0v) is 19.7. The fourth-order valence-corrected chi connectivity index (χ4v) is 4.49. The molecule has 4 heterocycles. The van der Waals surface area contributed by atoms with Crippen LogP contribution in [0.3, 0.4) is 0 Å².